The van der Waals surface area contributed by atoms with E-state index in [1.54, 1.807) is 37.1 Å². The molecule has 1 saturated heterocycles. The number of Topliss-reactive ketones (excluding diaryl/α,β-unsaturated/α-hetero) is 1. The van der Waals surface area contributed by atoms with Crippen molar-refractivity contribution >= 4 is 51.6 Å². The second kappa shape index (κ2) is 12.7. The summed E-state index contributed by atoms with van der Waals surface area (Å²) in [5.41, 5.74) is 0.569. The molecule has 0 spiro atoms. The molecule has 1 aliphatic rings. The molecule has 0 radical (unpaired) electrons. The number of ketones is 1. The molecular formula is C30H35ClF2N6O3. The molecule has 12 heteroatoms. The standard InChI is InChI=1S/C30H35ClF2N6O3/c1-16(34-5)28(41)38-26(30(2,3)4)29(42)39-12-6-7-22(39)23(40)14-17-8-10-20-18(13-17)27(36-15-35-20)37-21-11-9-19(32)24(31)25(21)33/h8-11,13,15-16,22,26,34H,6-7,12,14H2,1-5H3,(H,38,41)(H,35,36,37)/t16-,22-,26+/m0/s1. The van der Waals surface area contributed by atoms with Gasteiger partial charge in [0.05, 0.1) is 23.3 Å². The summed E-state index contributed by atoms with van der Waals surface area (Å²) in [5.74, 6) is -2.28. The van der Waals surface area contributed by atoms with Crippen LogP contribution in [-0.2, 0) is 20.8 Å². The third-order valence-corrected chi connectivity index (χ3v) is 7.85. The molecule has 3 aromatic rings. The maximum Gasteiger partial charge on any atom is 0.246 e. The van der Waals surface area contributed by atoms with Crippen molar-refractivity contribution in [2.24, 2.45) is 5.41 Å². The number of rotatable bonds is 9. The molecule has 224 valence electrons. The van der Waals surface area contributed by atoms with Crippen LogP contribution < -0.4 is 16.0 Å². The van der Waals surface area contributed by atoms with E-state index in [9.17, 15) is 23.2 Å². The molecule has 1 fully saturated rings. The first kappa shape index (κ1) is 31.2. The second-order valence-corrected chi connectivity index (χ2v) is 12.0. The van der Waals surface area contributed by atoms with Crippen LogP contribution in [0.5, 0.6) is 0 Å². The molecule has 3 N–H and O–H groups in total. The van der Waals surface area contributed by atoms with Gasteiger partial charge in [-0.15, -0.1) is 0 Å². The fourth-order valence-electron chi connectivity index (χ4n) is 4.96. The Hall–Kier alpha value is -3.70. The second-order valence-electron chi connectivity index (χ2n) is 11.6. The first-order chi connectivity index (χ1) is 19.8. The zero-order valence-electron chi connectivity index (χ0n) is 24.2. The van der Waals surface area contributed by atoms with Crippen LogP contribution in [0.1, 0.15) is 46.1 Å². The smallest absolute Gasteiger partial charge is 0.246 e. The van der Waals surface area contributed by atoms with Crippen LogP contribution in [0.25, 0.3) is 10.9 Å². The SMILES string of the molecule is CN[C@@H](C)C(=O)N[C@H](C(=O)N1CCC[C@H]1C(=O)Cc1ccc2ncnc(Nc3ccc(F)c(Cl)c3F)c2c1)C(C)(C)C. The molecule has 0 unspecified atom stereocenters. The number of hydrogen-bond acceptors (Lipinski definition) is 7. The number of fused-ring (bicyclic) bond motifs is 1. The summed E-state index contributed by atoms with van der Waals surface area (Å²) >= 11 is 5.72. The molecule has 0 saturated carbocycles. The number of carbonyl (C=O) groups excluding carboxylic acids is 3. The number of nitrogens with one attached hydrogen (secondary N) is 3. The van der Waals surface area contributed by atoms with Crippen LogP contribution in [0.4, 0.5) is 20.3 Å². The fraction of sp³-hybridized carbons (Fsp3) is 0.433. The first-order valence-electron chi connectivity index (χ1n) is 13.8. The Morgan fingerprint density at radius 3 is 2.57 bits per heavy atom. The summed E-state index contributed by atoms with van der Waals surface area (Å²) in [7, 11) is 1.67. The molecule has 3 atom stereocenters. The zero-order chi connectivity index (χ0) is 30.8. The number of anilines is 2. The molecule has 1 aliphatic heterocycles. The Bertz CT molecular complexity index is 1510. The van der Waals surface area contributed by atoms with Crippen LogP contribution >= 0.6 is 11.6 Å². The van der Waals surface area contributed by atoms with Gasteiger partial charge in [-0.3, -0.25) is 14.4 Å². The van der Waals surface area contributed by atoms with Gasteiger partial charge in [0.2, 0.25) is 11.8 Å². The number of likely N-dealkylation sites (N-methyl/N-ethyl adjacent to an activating group) is 1. The van der Waals surface area contributed by atoms with E-state index in [1.165, 1.54) is 12.4 Å². The molecule has 2 aromatic carbocycles. The maximum absolute atomic E-state index is 14.6. The summed E-state index contributed by atoms with van der Waals surface area (Å²) in [4.78, 5) is 50.0. The van der Waals surface area contributed by atoms with Gasteiger partial charge in [0.25, 0.3) is 0 Å². The normalized spacial score (nSPS) is 16.8. The van der Waals surface area contributed by atoms with Crippen molar-refractivity contribution in [2.75, 3.05) is 18.9 Å². The van der Waals surface area contributed by atoms with E-state index in [-0.39, 0.29) is 35.5 Å². The van der Waals surface area contributed by atoms with Crippen LogP contribution in [0, 0.1) is 17.0 Å². The lowest BCUT2D eigenvalue weighted by Gasteiger charge is -2.36. The monoisotopic (exact) mass is 600 g/mol. The average Bonchev–Trinajstić information content (AvgIpc) is 3.45. The third-order valence-electron chi connectivity index (χ3n) is 7.50. The molecule has 9 nitrogen and oxygen atoms in total. The molecule has 42 heavy (non-hydrogen) atoms. The Kier molecular flexibility index (Phi) is 9.42. The maximum atomic E-state index is 14.6. The molecule has 0 aliphatic carbocycles. The molecule has 2 heterocycles. The number of carbonyl (C=O) groups is 3. The number of likely N-dealkylation sites (tertiary alicyclic amines) is 1. The van der Waals surface area contributed by atoms with Crippen molar-refractivity contribution in [3.63, 3.8) is 0 Å². The van der Waals surface area contributed by atoms with E-state index in [4.69, 9.17) is 11.6 Å². The van der Waals surface area contributed by atoms with E-state index < -0.39 is 40.2 Å². The van der Waals surface area contributed by atoms with Gasteiger partial charge in [-0.25, -0.2) is 18.7 Å². The fourth-order valence-corrected chi connectivity index (χ4v) is 5.13. The van der Waals surface area contributed by atoms with Crippen molar-refractivity contribution in [1.82, 2.24) is 25.5 Å². The Balaban J connectivity index is 1.55. The average molecular weight is 601 g/mol. The number of benzene rings is 2. The number of nitrogens with zero attached hydrogens (tertiary/aromatic N) is 3. The van der Waals surface area contributed by atoms with E-state index in [0.717, 1.165) is 6.07 Å². The number of aromatic nitrogens is 2. The summed E-state index contributed by atoms with van der Waals surface area (Å²) in [6.07, 6.45) is 2.54. The Morgan fingerprint density at radius 1 is 1.14 bits per heavy atom. The van der Waals surface area contributed by atoms with Crippen LogP contribution in [0.3, 0.4) is 0 Å². The van der Waals surface area contributed by atoms with Gasteiger partial charge in [0.15, 0.2) is 11.6 Å². The van der Waals surface area contributed by atoms with Crippen LogP contribution in [-0.4, -0.2) is 64.2 Å². The minimum atomic E-state index is -0.953. The third kappa shape index (κ3) is 6.68. The molecule has 2 amide bonds. The van der Waals surface area contributed by atoms with Crippen molar-refractivity contribution in [3.05, 3.63) is 58.9 Å². The highest BCUT2D eigenvalue weighted by Gasteiger charge is 2.42. The predicted octanol–water partition coefficient (Wildman–Crippen LogP) is 4.55. The molecule has 0 bridgehead atoms. The highest BCUT2D eigenvalue weighted by molar-refractivity contribution is 6.31. The lowest BCUT2D eigenvalue weighted by atomic mass is 9.85. The van der Waals surface area contributed by atoms with Crippen molar-refractivity contribution in [2.45, 2.75) is 65.1 Å². The molecular weight excluding hydrogens is 566 g/mol. The first-order valence-corrected chi connectivity index (χ1v) is 14.1. The topological polar surface area (TPSA) is 116 Å². The van der Waals surface area contributed by atoms with Crippen molar-refractivity contribution < 1.29 is 23.2 Å². The van der Waals surface area contributed by atoms with Crippen molar-refractivity contribution in [1.29, 1.82) is 0 Å². The van der Waals surface area contributed by atoms with Crippen LogP contribution in [0.2, 0.25) is 5.02 Å². The largest absolute Gasteiger partial charge is 0.342 e. The minimum absolute atomic E-state index is 0.0405. The summed E-state index contributed by atoms with van der Waals surface area (Å²) in [6, 6.07) is 5.58. The highest BCUT2D eigenvalue weighted by Crippen LogP contribution is 2.31. The lowest BCUT2D eigenvalue weighted by Crippen LogP contribution is -2.58. The van der Waals surface area contributed by atoms with Gasteiger partial charge >= 0.3 is 0 Å². The zero-order valence-corrected chi connectivity index (χ0v) is 25.0. The predicted molar refractivity (Wildman–Crippen MR) is 158 cm³/mol. The summed E-state index contributed by atoms with van der Waals surface area (Å²) < 4.78 is 28.2. The summed E-state index contributed by atoms with van der Waals surface area (Å²) in [6.45, 7) is 7.76. The minimum Gasteiger partial charge on any atom is -0.342 e. The van der Waals surface area contributed by atoms with Gasteiger partial charge < -0.3 is 20.9 Å². The van der Waals surface area contributed by atoms with Gasteiger partial charge in [-0.2, -0.15) is 0 Å². The van der Waals surface area contributed by atoms with Gasteiger partial charge in [-0.05, 0) is 62.1 Å². The number of amides is 2. The van der Waals surface area contributed by atoms with Crippen molar-refractivity contribution in [3.8, 4) is 0 Å². The Labute approximate surface area is 248 Å². The Morgan fingerprint density at radius 2 is 1.88 bits per heavy atom. The highest BCUT2D eigenvalue weighted by atomic mass is 35.5. The van der Waals surface area contributed by atoms with E-state index in [0.29, 0.717) is 35.9 Å². The number of hydrogen-bond donors (Lipinski definition) is 3. The van der Waals surface area contributed by atoms with E-state index >= 15 is 0 Å². The molecule has 4 rings (SSSR count). The van der Waals surface area contributed by atoms with Gasteiger partial charge in [0, 0.05) is 18.4 Å². The number of halogens is 3. The van der Waals surface area contributed by atoms with E-state index in [1.807, 2.05) is 20.8 Å². The quantitative estimate of drug-likeness (QED) is 0.309. The molecule has 1 aromatic heterocycles. The van der Waals surface area contributed by atoms with Gasteiger partial charge in [-0.1, -0.05) is 38.4 Å². The van der Waals surface area contributed by atoms with E-state index in [2.05, 4.69) is 25.9 Å². The summed E-state index contributed by atoms with van der Waals surface area (Å²) in [5, 5.41) is 8.48. The van der Waals surface area contributed by atoms with Gasteiger partial charge in [0.1, 0.15) is 29.0 Å². The lowest BCUT2D eigenvalue weighted by molar-refractivity contribution is -0.143. The van der Waals surface area contributed by atoms with Crippen LogP contribution in [0.15, 0.2) is 36.7 Å².